The molecule has 2 unspecified atom stereocenters. The Morgan fingerprint density at radius 2 is 1.70 bits per heavy atom. The number of hydrogen-bond donors (Lipinski definition) is 2. The van der Waals surface area contributed by atoms with Crippen molar-refractivity contribution in [1.82, 2.24) is 10.2 Å². The van der Waals surface area contributed by atoms with E-state index >= 15 is 0 Å². The number of rotatable bonds is 6. The maximum absolute atomic E-state index is 11.7. The molecule has 0 aromatic carbocycles. The number of carbonyl (C=O) groups excluding carboxylic acids is 1. The minimum Gasteiger partial charge on any atom is -0.356 e. The van der Waals surface area contributed by atoms with Crippen LogP contribution in [0.5, 0.6) is 0 Å². The molecule has 2 atom stereocenters. The van der Waals surface area contributed by atoms with E-state index in [1.807, 2.05) is 13.8 Å². The third kappa shape index (κ3) is 9.01. The van der Waals surface area contributed by atoms with Crippen molar-refractivity contribution in [1.29, 1.82) is 0 Å². The lowest BCUT2D eigenvalue weighted by molar-refractivity contribution is -0.124. The van der Waals surface area contributed by atoms with Gasteiger partial charge in [-0.3, -0.25) is 4.79 Å². The second-order valence-electron chi connectivity index (χ2n) is 5.55. The van der Waals surface area contributed by atoms with Crippen molar-refractivity contribution in [3.63, 3.8) is 0 Å². The summed E-state index contributed by atoms with van der Waals surface area (Å²) in [6.45, 7) is 8.09. The Hall–Kier alpha value is -0.0300. The van der Waals surface area contributed by atoms with Gasteiger partial charge in [0.25, 0.3) is 0 Å². The van der Waals surface area contributed by atoms with Crippen molar-refractivity contribution in [2.75, 3.05) is 26.2 Å². The topological polar surface area (TPSA) is 58.4 Å². The monoisotopic (exact) mass is 327 g/mol. The predicted octanol–water partition coefficient (Wildman–Crippen LogP) is 2.20. The first-order valence-corrected chi connectivity index (χ1v) is 7.37. The summed E-state index contributed by atoms with van der Waals surface area (Å²) >= 11 is 0. The highest BCUT2D eigenvalue weighted by molar-refractivity contribution is 5.85. The summed E-state index contributed by atoms with van der Waals surface area (Å²) in [4.78, 5) is 14.2. The van der Waals surface area contributed by atoms with E-state index in [2.05, 4.69) is 10.2 Å². The van der Waals surface area contributed by atoms with E-state index in [1.165, 1.54) is 38.8 Å². The predicted molar refractivity (Wildman–Crippen MR) is 89.8 cm³/mol. The van der Waals surface area contributed by atoms with Crippen molar-refractivity contribution in [3.8, 4) is 0 Å². The van der Waals surface area contributed by atoms with Gasteiger partial charge in [0.05, 0.1) is 0 Å². The first kappa shape index (κ1) is 22.3. The van der Waals surface area contributed by atoms with Gasteiger partial charge in [-0.1, -0.05) is 19.8 Å². The van der Waals surface area contributed by atoms with Crippen LogP contribution in [-0.2, 0) is 4.79 Å². The average molecular weight is 328 g/mol. The highest BCUT2D eigenvalue weighted by Gasteiger charge is 2.16. The third-order valence-electron chi connectivity index (χ3n) is 3.85. The van der Waals surface area contributed by atoms with Gasteiger partial charge in [-0.15, -0.1) is 24.8 Å². The van der Waals surface area contributed by atoms with E-state index in [1.54, 1.807) is 0 Å². The fourth-order valence-electron chi connectivity index (χ4n) is 2.27. The van der Waals surface area contributed by atoms with E-state index in [0.29, 0.717) is 0 Å². The molecule has 4 nitrogen and oxygen atoms in total. The van der Waals surface area contributed by atoms with Gasteiger partial charge >= 0.3 is 0 Å². The van der Waals surface area contributed by atoms with Crippen LogP contribution in [0.2, 0.25) is 0 Å². The van der Waals surface area contributed by atoms with Gasteiger partial charge in [0.1, 0.15) is 0 Å². The van der Waals surface area contributed by atoms with Crippen LogP contribution in [0.1, 0.15) is 46.0 Å². The SMILES string of the molecule is CC(N)C(C)C(=O)NCCCN1CCCCCC1.Cl.Cl. The molecule has 1 aliphatic heterocycles. The summed E-state index contributed by atoms with van der Waals surface area (Å²) < 4.78 is 0. The van der Waals surface area contributed by atoms with E-state index in [-0.39, 0.29) is 42.7 Å². The quantitative estimate of drug-likeness (QED) is 0.735. The van der Waals surface area contributed by atoms with Crippen LogP contribution in [0, 0.1) is 5.92 Å². The molecule has 0 aliphatic carbocycles. The molecule has 6 heteroatoms. The molecule has 122 valence electrons. The van der Waals surface area contributed by atoms with Gasteiger partial charge in [-0.2, -0.15) is 0 Å². The lowest BCUT2D eigenvalue weighted by Crippen LogP contribution is -2.39. The molecule has 0 aromatic heterocycles. The summed E-state index contributed by atoms with van der Waals surface area (Å²) in [6, 6.07) is -0.0735. The first-order valence-electron chi connectivity index (χ1n) is 7.37. The normalized spacial score (nSPS) is 18.9. The summed E-state index contributed by atoms with van der Waals surface area (Å²) in [7, 11) is 0. The highest BCUT2D eigenvalue weighted by atomic mass is 35.5. The molecule has 0 radical (unpaired) electrons. The molecule has 0 spiro atoms. The lowest BCUT2D eigenvalue weighted by Gasteiger charge is -2.20. The maximum atomic E-state index is 11.7. The number of halogens is 2. The molecule has 1 amide bonds. The van der Waals surface area contributed by atoms with Gasteiger partial charge in [-0.25, -0.2) is 0 Å². The van der Waals surface area contributed by atoms with Crippen LogP contribution in [0.25, 0.3) is 0 Å². The van der Waals surface area contributed by atoms with Crippen LogP contribution in [-0.4, -0.2) is 43.0 Å². The minimum absolute atomic E-state index is 0. The average Bonchev–Trinajstić information content (AvgIpc) is 2.61. The Balaban J connectivity index is 0. The van der Waals surface area contributed by atoms with Crippen molar-refractivity contribution < 1.29 is 4.79 Å². The first-order chi connectivity index (χ1) is 8.61. The van der Waals surface area contributed by atoms with Crippen molar-refractivity contribution in [2.24, 2.45) is 11.7 Å². The highest BCUT2D eigenvalue weighted by Crippen LogP contribution is 2.09. The molecule has 0 aromatic rings. The number of nitrogens with one attached hydrogen (secondary N) is 1. The molecule has 0 bridgehead atoms. The Bertz CT molecular complexity index is 245. The van der Waals surface area contributed by atoms with Gasteiger partial charge in [0, 0.05) is 18.5 Å². The number of amides is 1. The molecular formula is C14H31Cl2N3O. The summed E-state index contributed by atoms with van der Waals surface area (Å²) in [5.41, 5.74) is 5.71. The molecular weight excluding hydrogens is 297 g/mol. The molecule has 3 N–H and O–H groups in total. The maximum Gasteiger partial charge on any atom is 0.224 e. The Morgan fingerprint density at radius 1 is 1.15 bits per heavy atom. The van der Waals surface area contributed by atoms with Crippen molar-refractivity contribution in [3.05, 3.63) is 0 Å². The standard InChI is InChI=1S/C14H29N3O.2ClH/c1-12(13(2)15)14(18)16-8-7-11-17-9-5-3-4-6-10-17;;/h12-13H,3-11,15H2,1-2H3,(H,16,18);2*1H. The van der Waals surface area contributed by atoms with Crippen LogP contribution in [0.3, 0.4) is 0 Å². The second-order valence-corrected chi connectivity index (χ2v) is 5.55. The van der Waals surface area contributed by atoms with Crippen molar-refractivity contribution >= 4 is 30.7 Å². The molecule has 20 heavy (non-hydrogen) atoms. The zero-order valence-electron chi connectivity index (χ0n) is 12.8. The van der Waals surface area contributed by atoms with Crippen LogP contribution < -0.4 is 11.1 Å². The lowest BCUT2D eigenvalue weighted by atomic mass is 10.0. The summed E-state index contributed by atoms with van der Waals surface area (Å²) in [5.74, 6) is -0.0101. The number of likely N-dealkylation sites (tertiary alicyclic amines) is 1. The van der Waals surface area contributed by atoms with Gasteiger partial charge < -0.3 is 16.0 Å². The second kappa shape index (κ2) is 12.7. The van der Waals surface area contributed by atoms with Gasteiger partial charge in [0.2, 0.25) is 5.91 Å². The van der Waals surface area contributed by atoms with E-state index in [4.69, 9.17) is 5.73 Å². The van der Waals surface area contributed by atoms with Crippen molar-refractivity contribution in [2.45, 2.75) is 52.0 Å². The minimum atomic E-state index is -0.0943. The van der Waals surface area contributed by atoms with Gasteiger partial charge in [0.15, 0.2) is 0 Å². The van der Waals surface area contributed by atoms with E-state index in [9.17, 15) is 4.79 Å². The molecule has 1 saturated heterocycles. The Morgan fingerprint density at radius 3 is 2.20 bits per heavy atom. The fourth-order valence-corrected chi connectivity index (χ4v) is 2.27. The number of hydrogen-bond acceptors (Lipinski definition) is 3. The zero-order chi connectivity index (χ0) is 13.4. The Labute approximate surface area is 136 Å². The molecule has 1 heterocycles. The number of nitrogens with zero attached hydrogens (tertiary/aromatic N) is 1. The smallest absolute Gasteiger partial charge is 0.224 e. The molecule has 1 fully saturated rings. The molecule has 0 saturated carbocycles. The number of carbonyl (C=O) groups is 1. The molecule has 1 aliphatic rings. The Kier molecular flexibility index (Phi) is 14.1. The summed E-state index contributed by atoms with van der Waals surface area (Å²) in [6.07, 6.45) is 6.44. The number of nitrogens with two attached hydrogens (primary N) is 1. The summed E-state index contributed by atoms with van der Waals surface area (Å²) in [5, 5.41) is 2.97. The fraction of sp³-hybridized carbons (Fsp3) is 0.929. The largest absolute Gasteiger partial charge is 0.356 e. The van der Waals surface area contributed by atoms with Crippen LogP contribution >= 0.6 is 24.8 Å². The van der Waals surface area contributed by atoms with Crippen LogP contribution in [0.15, 0.2) is 0 Å². The van der Waals surface area contributed by atoms with E-state index < -0.39 is 0 Å². The van der Waals surface area contributed by atoms with Gasteiger partial charge in [-0.05, 0) is 45.8 Å². The van der Waals surface area contributed by atoms with E-state index in [0.717, 1.165) is 19.5 Å². The third-order valence-corrected chi connectivity index (χ3v) is 3.85. The molecule has 1 rings (SSSR count). The zero-order valence-corrected chi connectivity index (χ0v) is 14.4. The van der Waals surface area contributed by atoms with Crippen LogP contribution in [0.4, 0.5) is 0 Å².